The van der Waals surface area contributed by atoms with Gasteiger partial charge in [0, 0.05) is 30.4 Å². The highest BCUT2D eigenvalue weighted by Gasteiger charge is 2.32. The molecule has 0 fully saturated rings. The number of aromatic nitrogens is 1. The van der Waals surface area contributed by atoms with Gasteiger partial charge in [0.05, 0.1) is 5.02 Å². The summed E-state index contributed by atoms with van der Waals surface area (Å²) in [5, 5.41) is 0.168. The lowest BCUT2D eigenvalue weighted by Crippen LogP contribution is -2.23. The zero-order valence-corrected chi connectivity index (χ0v) is 17.4. The van der Waals surface area contributed by atoms with Gasteiger partial charge in [-0.05, 0) is 35.9 Å². The van der Waals surface area contributed by atoms with Crippen LogP contribution in [0.5, 0.6) is 11.5 Å². The minimum atomic E-state index is -2.61. The van der Waals surface area contributed by atoms with Gasteiger partial charge in [-0.15, -0.1) is 0 Å². The molecule has 1 aliphatic heterocycles. The van der Waals surface area contributed by atoms with Gasteiger partial charge in [-0.2, -0.15) is 0 Å². The highest BCUT2D eigenvalue weighted by atomic mass is 35.5. The van der Waals surface area contributed by atoms with Crippen LogP contribution < -0.4 is 9.47 Å². The van der Waals surface area contributed by atoms with Crippen LogP contribution in [-0.4, -0.2) is 34.8 Å². The highest BCUT2D eigenvalue weighted by Crippen LogP contribution is 2.30. The average molecular weight is 459 g/mol. The first kappa shape index (κ1) is 21.7. The zero-order valence-electron chi connectivity index (χ0n) is 16.6. The minimum absolute atomic E-state index is 0.0796. The smallest absolute Gasteiger partial charge is 0.362 e. The maximum absolute atomic E-state index is 12.9. The van der Waals surface area contributed by atoms with Gasteiger partial charge in [0.15, 0.2) is 5.69 Å². The summed E-state index contributed by atoms with van der Waals surface area (Å²) in [6, 6.07) is 14.8. The van der Waals surface area contributed by atoms with Crippen LogP contribution in [0.25, 0.3) is 0 Å². The Labute approximate surface area is 187 Å². The topological polar surface area (TPSA) is 68.7 Å². The van der Waals surface area contributed by atoms with Gasteiger partial charge in [0.25, 0.3) is 12.3 Å². The number of halogens is 3. The number of alkyl halides is 2. The van der Waals surface area contributed by atoms with Crippen molar-refractivity contribution in [1.82, 2.24) is 9.88 Å². The van der Waals surface area contributed by atoms with E-state index in [-0.39, 0.29) is 35.5 Å². The zero-order chi connectivity index (χ0) is 22.7. The molecule has 6 nitrogen and oxygen atoms in total. The molecular weight excluding hydrogens is 442 g/mol. The number of rotatable bonds is 7. The lowest BCUT2D eigenvalue weighted by Gasteiger charge is -2.17. The molecular formula is C23H17ClF2N2O4. The SMILES string of the molecule is O=C(Oc1ccccc1)c1nccc2c1CN(Cc1ccc(OCC(F)F)c(Cl)c1)C2=O. The molecule has 2 heterocycles. The molecule has 0 radical (unpaired) electrons. The summed E-state index contributed by atoms with van der Waals surface area (Å²) in [4.78, 5) is 31.2. The molecule has 0 saturated heterocycles. The van der Waals surface area contributed by atoms with Gasteiger partial charge in [0.2, 0.25) is 0 Å². The number of benzene rings is 2. The average Bonchev–Trinajstić information content (AvgIpc) is 3.09. The highest BCUT2D eigenvalue weighted by molar-refractivity contribution is 6.32. The van der Waals surface area contributed by atoms with Crippen molar-refractivity contribution in [2.75, 3.05) is 6.61 Å². The number of esters is 1. The Morgan fingerprint density at radius 3 is 2.66 bits per heavy atom. The van der Waals surface area contributed by atoms with E-state index in [1.807, 2.05) is 0 Å². The van der Waals surface area contributed by atoms with Crippen molar-refractivity contribution in [3.8, 4) is 11.5 Å². The number of pyridine rings is 1. The maximum Gasteiger partial charge on any atom is 0.362 e. The number of hydrogen-bond acceptors (Lipinski definition) is 5. The van der Waals surface area contributed by atoms with Crippen LogP contribution in [0, 0.1) is 0 Å². The standard InChI is InChI=1S/C23H17ClF2N2O4/c24-18-10-14(6-7-19(18)31-13-20(25)26)11-28-12-17-16(22(28)29)8-9-27-21(17)23(30)32-15-4-2-1-3-5-15/h1-10,20H,11-13H2. The van der Waals surface area contributed by atoms with Crippen molar-refractivity contribution in [3.63, 3.8) is 0 Å². The van der Waals surface area contributed by atoms with Gasteiger partial charge in [0.1, 0.15) is 18.1 Å². The van der Waals surface area contributed by atoms with Crippen molar-refractivity contribution < 1.29 is 27.8 Å². The summed E-state index contributed by atoms with van der Waals surface area (Å²) in [5.74, 6) is -0.389. The molecule has 1 aromatic heterocycles. The van der Waals surface area contributed by atoms with Crippen molar-refractivity contribution in [1.29, 1.82) is 0 Å². The summed E-state index contributed by atoms with van der Waals surface area (Å²) in [6.07, 6.45) is -1.21. The second-order valence-corrected chi connectivity index (χ2v) is 7.42. The van der Waals surface area contributed by atoms with E-state index >= 15 is 0 Å². The van der Waals surface area contributed by atoms with Gasteiger partial charge in [-0.1, -0.05) is 35.9 Å². The molecule has 0 N–H and O–H groups in total. The van der Waals surface area contributed by atoms with Crippen molar-refractivity contribution in [2.24, 2.45) is 0 Å². The Hall–Kier alpha value is -3.52. The lowest BCUT2D eigenvalue weighted by molar-refractivity contribution is 0.0721. The number of para-hydroxylation sites is 1. The molecule has 164 valence electrons. The molecule has 0 unspecified atom stereocenters. The summed E-state index contributed by atoms with van der Waals surface area (Å²) >= 11 is 6.12. The molecule has 32 heavy (non-hydrogen) atoms. The summed E-state index contributed by atoms with van der Waals surface area (Å²) in [5.41, 5.74) is 1.63. The van der Waals surface area contributed by atoms with Crippen molar-refractivity contribution >= 4 is 23.5 Å². The third-order valence-corrected chi connectivity index (χ3v) is 5.10. The summed E-state index contributed by atoms with van der Waals surface area (Å²) in [7, 11) is 0. The third-order valence-electron chi connectivity index (χ3n) is 4.80. The van der Waals surface area contributed by atoms with E-state index in [2.05, 4.69) is 4.98 Å². The molecule has 0 spiro atoms. The summed E-state index contributed by atoms with van der Waals surface area (Å²) < 4.78 is 35.0. The van der Waals surface area contributed by atoms with Crippen LogP contribution in [0.15, 0.2) is 60.8 Å². The molecule has 3 aromatic rings. The fraction of sp³-hybridized carbons (Fsp3) is 0.174. The maximum atomic E-state index is 12.9. The van der Waals surface area contributed by atoms with E-state index < -0.39 is 19.0 Å². The largest absolute Gasteiger partial charge is 0.486 e. The first-order valence-electron chi connectivity index (χ1n) is 9.66. The summed E-state index contributed by atoms with van der Waals surface area (Å²) in [6.45, 7) is -0.383. The van der Waals surface area contributed by atoms with E-state index in [0.717, 1.165) is 0 Å². The number of fused-ring (bicyclic) bond motifs is 1. The Kier molecular flexibility index (Phi) is 6.32. The first-order chi connectivity index (χ1) is 15.4. The predicted octanol–water partition coefficient (Wildman–Crippen LogP) is 4.75. The minimum Gasteiger partial charge on any atom is -0.486 e. The van der Waals surface area contributed by atoms with Gasteiger partial charge < -0.3 is 14.4 Å². The molecule has 4 rings (SSSR count). The molecule has 0 saturated carbocycles. The fourth-order valence-corrected chi connectivity index (χ4v) is 3.62. The van der Waals surface area contributed by atoms with E-state index in [1.165, 1.54) is 17.2 Å². The quantitative estimate of drug-likeness (QED) is 0.377. The Morgan fingerprint density at radius 1 is 1.16 bits per heavy atom. The normalized spacial score (nSPS) is 12.8. The van der Waals surface area contributed by atoms with Crippen LogP contribution >= 0.6 is 11.6 Å². The van der Waals surface area contributed by atoms with Gasteiger partial charge >= 0.3 is 5.97 Å². The van der Waals surface area contributed by atoms with Gasteiger partial charge in [-0.3, -0.25) is 4.79 Å². The van der Waals surface area contributed by atoms with Crippen LogP contribution in [-0.2, 0) is 13.1 Å². The predicted molar refractivity (Wildman–Crippen MR) is 112 cm³/mol. The second-order valence-electron chi connectivity index (χ2n) is 7.02. The number of carbonyl (C=O) groups excluding carboxylic acids is 2. The molecule has 0 atom stereocenters. The van der Waals surface area contributed by atoms with E-state index in [1.54, 1.807) is 48.5 Å². The van der Waals surface area contributed by atoms with Crippen LogP contribution in [0.3, 0.4) is 0 Å². The van der Waals surface area contributed by atoms with Crippen LogP contribution in [0.4, 0.5) is 8.78 Å². The number of amides is 1. The number of ether oxygens (including phenoxy) is 2. The van der Waals surface area contributed by atoms with Gasteiger partial charge in [-0.25, -0.2) is 18.6 Å². The molecule has 2 aromatic carbocycles. The third kappa shape index (κ3) is 4.70. The number of hydrogen-bond donors (Lipinski definition) is 0. The molecule has 9 heteroatoms. The van der Waals surface area contributed by atoms with Crippen LogP contribution in [0.2, 0.25) is 5.02 Å². The molecule has 1 aliphatic rings. The number of carbonyl (C=O) groups is 2. The Bertz CT molecular complexity index is 1160. The second kappa shape index (κ2) is 9.32. The van der Waals surface area contributed by atoms with Crippen LogP contribution in [0.1, 0.15) is 32.0 Å². The van der Waals surface area contributed by atoms with Crippen molar-refractivity contribution in [3.05, 3.63) is 88.2 Å². The molecule has 1 amide bonds. The number of nitrogens with zero attached hydrogens (tertiary/aromatic N) is 2. The van der Waals surface area contributed by atoms with E-state index in [4.69, 9.17) is 21.1 Å². The Morgan fingerprint density at radius 2 is 1.94 bits per heavy atom. The van der Waals surface area contributed by atoms with E-state index in [9.17, 15) is 18.4 Å². The first-order valence-corrected chi connectivity index (χ1v) is 10.0. The fourth-order valence-electron chi connectivity index (χ4n) is 3.37. The monoisotopic (exact) mass is 458 g/mol. The van der Waals surface area contributed by atoms with Crippen molar-refractivity contribution in [2.45, 2.75) is 19.5 Å². The van der Waals surface area contributed by atoms with E-state index in [0.29, 0.717) is 22.4 Å². The lowest BCUT2D eigenvalue weighted by atomic mass is 10.1. The molecule has 0 aliphatic carbocycles. The Balaban J connectivity index is 1.49. The molecule has 0 bridgehead atoms.